The van der Waals surface area contributed by atoms with E-state index >= 15 is 0 Å². The van der Waals surface area contributed by atoms with Crippen LogP contribution in [0, 0.1) is 6.92 Å². The third-order valence-electron chi connectivity index (χ3n) is 5.28. The fourth-order valence-electron chi connectivity index (χ4n) is 3.99. The summed E-state index contributed by atoms with van der Waals surface area (Å²) in [5, 5.41) is 11.2. The van der Waals surface area contributed by atoms with Gasteiger partial charge in [0.05, 0.1) is 6.04 Å². The molecule has 2 bridgehead atoms. The van der Waals surface area contributed by atoms with E-state index in [2.05, 4.69) is 24.8 Å². The Morgan fingerprint density at radius 2 is 1.93 bits per heavy atom. The zero-order valence-corrected chi connectivity index (χ0v) is 15.2. The van der Waals surface area contributed by atoms with Crippen LogP contribution in [-0.2, 0) is 19.5 Å². The van der Waals surface area contributed by atoms with Gasteiger partial charge in [0.1, 0.15) is 17.4 Å². The van der Waals surface area contributed by atoms with Crippen molar-refractivity contribution >= 4 is 6.03 Å². The minimum atomic E-state index is -4.72. The molecule has 150 valence electrons. The Labute approximate surface area is 159 Å². The number of hydrogen-bond acceptors (Lipinski definition) is 4. The average Bonchev–Trinajstić information content (AvgIpc) is 3.11. The van der Waals surface area contributed by atoms with Crippen LogP contribution in [0.25, 0.3) is 0 Å². The molecule has 10 heteroatoms. The molecule has 0 radical (unpaired) electrons. The summed E-state index contributed by atoms with van der Waals surface area (Å²) >= 11 is 0. The number of benzene rings is 1. The third-order valence-corrected chi connectivity index (χ3v) is 5.28. The van der Waals surface area contributed by atoms with Gasteiger partial charge in [-0.3, -0.25) is 0 Å². The second-order valence-corrected chi connectivity index (χ2v) is 7.12. The molecule has 2 atom stereocenters. The number of hydrogen-bond donors (Lipinski definition) is 1. The van der Waals surface area contributed by atoms with Crippen molar-refractivity contribution in [3.63, 3.8) is 0 Å². The quantitative estimate of drug-likeness (QED) is 0.868. The fourth-order valence-corrected chi connectivity index (χ4v) is 3.99. The molecule has 2 aromatic rings. The lowest BCUT2D eigenvalue weighted by Crippen LogP contribution is -2.47. The van der Waals surface area contributed by atoms with Crippen LogP contribution < -0.4 is 10.1 Å². The molecule has 0 spiro atoms. The first-order valence-corrected chi connectivity index (χ1v) is 9.09. The van der Waals surface area contributed by atoms with Crippen LogP contribution in [0.15, 0.2) is 24.3 Å². The molecule has 4 rings (SSSR count). The number of ether oxygens (including phenoxy) is 1. The van der Waals surface area contributed by atoms with Crippen molar-refractivity contribution in [2.24, 2.45) is 0 Å². The van der Waals surface area contributed by atoms with E-state index < -0.39 is 6.36 Å². The van der Waals surface area contributed by atoms with Crippen LogP contribution in [0.3, 0.4) is 0 Å². The van der Waals surface area contributed by atoms with Gasteiger partial charge in [0, 0.05) is 25.6 Å². The molecule has 0 aliphatic carbocycles. The van der Waals surface area contributed by atoms with Gasteiger partial charge in [0.15, 0.2) is 0 Å². The number of nitrogens with one attached hydrogen (secondary N) is 1. The molecule has 3 heterocycles. The molecule has 2 unspecified atom stereocenters. The zero-order valence-electron chi connectivity index (χ0n) is 15.2. The zero-order chi connectivity index (χ0) is 19.9. The van der Waals surface area contributed by atoms with Crippen LogP contribution in [0.1, 0.15) is 30.1 Å². The standard InChI is InChI=1S/C18H20F3N5O2/c1-11-23-24-16-8-13-4-5-14(10-25(11)16)26(13)17(27)22-9-12-2-6-15(7-3-12)28-18(19,20)21/h2-3,6-7,13-14H,4-5,8-10H2,1H3,(H,22,27). The highest BCUT2D eigenvalue weighted by atomic mass is 19.4. The number of alkyl halides is 3. The van der Waals surface area contributed by atoms with E-state index in [9.17, 15) is 18.0 Å². The second-order valence-electron chi connectivity index (χ2n) is 7.12. The van der Waals surface area contributed by atoms with Crippen molar-refractivity contribution in [2.45, 2.75) is 57.7 Å². The lowest BCUT2D eigenvalue weighted by atomic mass is 10.1. The van der Waals surface area contributed by atoms with Gasteiger partial charge >= 0.3 is 12.4 Å². The van der Waals surface area contributed by atoms with E-state index in [1.54, 1.807) is 0 Å². The lowest BCUT2D eigenvalue weighted by Gasteiger charge is -2.28. The summed E-state index contributed by atoms with van der Waals surface area (Å²) in [6.45, 7) is 2.82. The number of rotatable bonds is 3. The van der Waals surface area contributed by atoms with Crippen molar-refractivity contribution in [1.29, 1.82) is 0 Å². The smallest absolute Gasteiger partial charge is 0.406 e. The van der Waals surface area contributed by atoms with Gasteiger partial charge in [0.25, 0.3) is 0 Å². The molecule has 2 aliphatic rings. The topological polar surface area (TPSA) is 72.3 Å². The van der Waals surface area contributed by atoms with E-state index in [0.29, 0.717) is 18.5 Å². The van der Waals surface area contributed by atoms with Crippen LogP contribution in [-0.4, -0.2) is 44.1 Å². The highest BCUT2D eigenvalue weighted by molar-refractivity contribution is 5.75. The Hall–Kier alpha value is -2.78. The summed E-state index contributed by atoms with van der Waals surface area (Å²) in [5.41, 5.74) is 0.693. The molecule has 1 aromatic heterocycles. The van der Waals surface area contributed by atoms with Crippen LogP contribution >= 0.6 is 0 Å². The van der Waals surface area contributed by atoms with E-state index in [1.807, 2.05) is 11.8 Å². The Bertz CT molecular complexity index is 865. The highest BCUT2D eigenvalue weighted by Crippen LogP contribution is 2.31. The van der Waals surface area contributed by atoms with Crippen molar-refractivity contribution in [2.75, 3.05) is 0 Å². The number of aryl methyl sites for hydroxylation is 1. The molecule has 28 heavy (non-hydrogen) atoms. The Morgan fingerprint density at radius 1 is 1.21 bits per heavy atom. The molecule has 1 fully saturated rings. The van der Waals surface area contributed by atoms with Crippen LogP contribution in [0.4, 0.5) is 18.0 Å². The maximum Gasteiger partial charge on any atom is 0.573 e. The van der Waals surface area contributed by atoms with E-state index in [0.717, 1.165) is 24.5 Å². The summed E-state index contributed by atoms with van der Waals surface area (Å²) < 4.78 is 42.6. The SMILES string of the molecule is Cc1nnc2n1CC1CCC(C2)N1C(=O)NCc1ccc(OC(F)(F)F)cc1. The number of fused-ring (bicyclic) bond motifs is 3. The number of carbonyl (C=O) groups excluding carboxylic acids is 1. The minimum absolute atomic E-state index is 0.0809. The number of aromatic nitrogens is 3. The summed E-state index contributed by atoms with van der Waals surface area (Å²) in [6, 6.07) is 5.48. The first kappa shape index (κ1) is 18.6. The molecular weight excluding hydrogens is 375 g/mol. The molecule has 7 nitrogen and oxygen atoms in total. The first-order chi connectivity index (χ1) is 13.3. The van der Waals surface area contributed by atoms with Gasteiger partial charge in [-0.2, -0.15) is 0 Å². The number of nitrogens with zero attached hydrogens (tertiary/aromatic N) is 4. The predicted molar refractivity (Wildman–Crippen MR) is 92.5 cm³/mol. The van der Waals surface area contributed by atoms with Crippen molar-refractivity contribution < 1.29 is 22.7 Å². The van der Waals surface area contributed by atoms with Gasteiger partial charge in [-0.15, -0.1) is 23.4 Å². The van der Waals surface area contributed by atoms with Gasteiger partial charge < -0.3 is 19.5 Å². The largest absolute Gasteiger partial charge is 0.573 e. The number of halogens is 3. The van der Waals surface area contributed by atoms with Gasteiger partial charge in [-0.25, -0.2) is 4.79 Å². The number of urea groups is 1. The van der Waals surface area contributed by atoms with Gasteiger partial charge in [-0.05, 0) is 37.5 Å². The monoisotopic (exact) mass is 395 g/mol. The summed E-state index contributed by atoms with van der Waals surface area (Å²) in [6.07, 6.45) is -2.19. The van der Waals surface area contributed by atoms with Gasteiger partial charge in [-0.1, -0.05) is 12.1 Å². The molecule has 1 aromatic carbocycles. The van der Waals surface area contributed by atoms with Crippen molar-refractivity contribution in [3.05, 3.63) is 41.5 Å². The molecule has 0 saturated carbocycles. The summed E-state index contributed by atoms with van der Waals surface area (Å²) in [7, 11) is 0. The Balaban J connectivity index is 1.38. The minimum Gasteiger partial charge on any atom is -0.406 e. The third kappa shape index (κ3) is 3.76. The summed E-state index contributed by atoms with van der Waals surface area (Å²) in [4.78, 5) is 14.7. The Morgan fingerprint density at radius 3 is 2.64 bits per heavy atom. The van der Waals surface area contributed by atoms with Crippen LogP contribution in [0.5, 0.6) is 5.75 Å². The summed E-state index contributed by atoms with van der Waals surface area (Å²) in [5.74, 6) is 1.47. The van der Waals surface area contributed by atoms with Crippen molar-refractivity contribution in [1.82, 2.24) is 25.0 Å². The van der Waals surface area contributed by atoms with E-state index in [-0.39, 0.29) is 30.4 Å². The molecule has 2 aliphatic heterocycles. The molecule has 2 amide bonds. The first-order valence-electron chi connectivity index (χ1n) is 9.09. The maximum absolute atomic E-state index is 12.8. The molecular formula is C18H20F3N5O2. The van der Waals surface area contributed by atoms with Crippen molar-refractivity contribution in [3.8, 4) is 5.75 Å². The number of carbonyl (C=O) groups is 1. The fraction of sp³-hybridized carbons (Fsp3) is 0.500. The molecule has 1 N–H and O–H groups in total. The highest BCUT2D eigenvalue weighted by Gasteiger charge is 2.40. The normalized spacial score (nSPS) is 21.2. The second kappa shape index (κ2) is 6.99. The number of amides is 2. The predicted octanol–water partition coefficient (Wildman–Crippen LogP) is 2.78. The average molecular weight is 395 g/mol. The maximum atomic E-state index is 12.8. The Kier molecular flexibility index (Phi) is 4.64. The van der Waals surface area contributed by atoms with E-state index in [4.69, 9.17) is 0 Å². The van der Waals surface area contributed by atoms with E-state index in [1.165, 1.54) is 24.3 Å². The lowest BCUT2D eigenvalue weighted by molar-refractivity contribution is -0.274. The van der Waals surface area contributed by atoms with Crippen LogP contribution in [0.2, 0.25) is 0 Å². The van der Waals surface area contributed by atoms with Gasteiger partial charge in [0.2, 0.25) is 0 Å². The molecule has 1 saturated heterocycles.